The van der Waals surface area contributed by atoms with Gasteiger partial charge < -0.3 is 0 Å². The van der Waals surface area contributed by atoms with Gasteiger partial charge in [-0.2, -0.15) is 22.3 Å². The van der Waals surface area contributed by atoms with E-state index in [1.807, 2.05) is 48.5 Å². The molecule has 2 nitrogen and oxygen atoms in total. The molecule has 0 aliphatic carbocycles. The average molecular weight is 264 g/mol. The van der Waals surface area contributed by atoms with Crippen LogP contribution in [0.1, 0.15) is 22.3 Å². The summed E-state index contributed by atoms with van der Waals surface area (Å²) in [5.74, 6) is 1.73. The van der Waals surface area contributed by atoms with E-state index in [0.29, 0.717) is 11.1 Å². The van der Waals surface area contributed by atoms with Gasteiger partial charge in [-0.25, -0.2) is 0 Å². The number of nitriles is 2. The topological polar surface area (TPSA) is 47.6 Å². The Kier molecular flexibility index (Phi) is 4.61. The molecule has 0 aliphatic rings. The highest BCUT2D eigenvalue weighted by atomic mass is 32.2. The molecule has 0 saturated heterocycles. The van der Waals surface area contributed by atoms with Crippen LogP contribution in [0.15, 0.2) is 48.5 Å². The van der Waals surface area contributed by atoms with Crippen molar-refractivity contribution in [2.75, 3.05) is 0 Å². The number of hydrogen-bond acceptors (Lipinski definition) is 3. The van der Waals surface area contributed by atoms with Gasteiger partial charge in [-0.15, -0.1) is 0 Å². The van der Waals surface area contributed by atoms with E-state index >= 15 is 0 Å². The third-order valence-electron chi connectivity index (χ3n) is 2.65. The minimum Gasteiger partial charge on any atom is -0.192 e. The van der Waals surface area contributed by atoms with Crippen LogP contribution in [0.3, 0.4) is 0 Å². The van der Waals surface area contributed by atoms with E-state index in [-0.39, 0.29) is 0 Å². The molecule has 2 rings (SSSR count). The summed E-state index contributed by atoms with van der Waals surface area (Å²) in [5, 5.41) is 17.7. The number of benzene rings is 2. The van der Waals surface area contributed by atoms with Gasteiger partial charge in [0, 0.05) is 11.5 Å². The fraction of sp³-hybridized carbons (Fsp3) is 0.125. The van der Waals surface area contributed by atoms with E-state index in [2.05, 4.69) is 12.1 Å². The summed E-state index contributed by atoms with van der Waals surface area (Å²) in [6, 6.07) is 19.6. The molecule has 92 valence electrons. The minimum absolute atomic E-state index is 0.699. The van der Waals surface area contributed by atoms with Crippen LogP contribution in [0.25, 0.3) is 0 Å². The minimum atomic E-state index is 0.699. The number of hydrogen-bond donors (Lipinski definition) is 0. The molecule has 0 radical (unpaired) electrons. The quantitative estimate of drug-likeness (QED) is 0.842. The Morgan fingerprint density at radius 1 is 0.789 bits per heavy atom. The molecule has 2 aromatic carbocycles. The first-order valence-electron chi connectivity index (χ1n) is 5.87. The maximum Gasteiger partial charge on any atom is 0.0991 e. The molecule has 0 bridgehead atoms. The third-order valence-corrected chi connectivity index (χ3v) is 3.72. The van der Waals surface area contributed by atoms with Crippen LogP contribution in [-0.2, 0) is 11.5 Å². The van der Waals surface area contributed by atoms with Crippen molar-refractivity contribution in [1.29, 1.82) is 10.5 Å². The molecule has 0 heterocycles. The highest BCUT2D eigenvalue weighted by molar-refractivity contribution is 7.97. The first-order valence-corrected chi connectivity index (χ1v) is 7.03. The van der Waals surface area contributed by atoms with Crippen molar-refractivity contribution in [3.63, 3.8) is 0 Å². The van der Waals surface area contributed by atoms with Crippen LogP contribution in [-0.4, -0.2) is 0 Å². The molecular weight excluding hydrogens is 252 g/mol. The first-order chi connectivity index (χ1) is 9.31. The standard InChI is InChI=1S/C16H12N2S/c17-9-13-3-1-5-15(7-13)11-19-12-16-6-2-4-14(8-16)10-18/h1-8H,11-12H2. The Morgan fingerprint density at radius 2 is 1.26 bits per heavy atom. The molecule has 3 heteroatoms. The lowest BCUT2D eigenvalue weighted by Gasteiger charge is -2.03. The number of thioether (sulfide) groups is 1. The summed E-state index contributed by atoms with van der Waals surface area (Å²) < 4.78 is 0. The van der Waals surface area contributed by atoms with Crippen molar-refractivity contribution < 1.29 is 0 Å². The van der Waals surface area contributed by atoms with Gasteiger partial charge >= 0.3 is 0 Å². The summed E-state index contributed by atoms with van der Waals surface area (Å²) in [6.45, 7) is 0. The second kappa shape index (κ2) is 6.64. The molecule has 0 saturated carbocycles. The Hall–Kier alpha value is -2.23. The number of nitrogens with zero attached hydrogens (tertiary/aromatic N) is 2. The third kappa shape index (κ3) is 3.88. The fourth-order valence-electron chi connectivity index (χ4n) is 1.75. The molecular formula is C16H12N2S. The molecule has 2 aromatic rings. The van der Waals surface area contributed by atoms with Crippen LogP contribution in [0.4, 0.5) is 0 Å². The van der Waals surface area contributed by atoms with Crippen LogP contribution >= 0.6 is 11.8 Å². The summed E-state index contributed by atoms with van der Waals surface area (Å²) in [7, 11) is 0. The molecule has 0 N–H and O–H groups in total. The van der Waals surface area contributed by atoms with Crippen LogP contribution < -0.4 is 0 Å². The van der Waals surface area contributed by atoms with Gasteiger partial charge in [0.15, 0.2) is 0 Å². The highest BCUT2D eigenvalue weighted by Crippen LogP contribution is 2.19. The van der Waals surface area contributed by atoms with Crippen molar-refractivity contribution in [3.8, 4) is 12.1 Å². The Balaban J connectivity index is 1.93. The Morgan fingerprint density at radius 3 is 1.68 bits per heavy atom. The van der Waals surface area contributed by atoms with Gasteiger partial charge in [0.05, 0.1) is 23.3 Å². The van der Waals surface area contributed by atoms with Gasteiger partial charge in [-0.3, -0.25) is 0 Å². The normalized spacial score (nSPS) is 9.58. The van der Waals surface area contributed by atoms with Crippen LogP contribution in [0.2, 0.25) is 0 Å². The monoisotopic (exact) mass is 264 g/mol. The maximum atomic E-state index is 8.84. The average Bonchev–Trinajstić information content (AvgIpc) is 2.48. The zero-order valence-corrected chi connectivity index (χ0v) is 11.2. The molecule has 0 spiro atoms. The summed E-state index contributed by atoms with van der Waals surface area (Å²) >= 11 is 1.78. The van der Waals surface area contributed by atoms with E-state index in [1.165, 1.54) is 0 Å². The van der Waals surface area contributed by atoms with Crippen molar-refractivity contribution in [2.45, 2.75) is 11.5 Å². The fourth-order valence-corrected chi connectivity index (χ4v) is 2.68. The van der Waals surface area contributed by atoms with Crippen molar-refractivity contribution >= 4 is 11.8 Å². The Bertz CT molecular complexity index is 593. The molecule has 19 heavy (non-hydrogen) atoms. The van der Waals surface area contributed by atoms with E-state index in [4.69, 9.17) is 10.5 Å². The lowest BCUT2D eigenvalue weighted by Crippen LogP contribution is -1.86. The van der Waals surface area contributed by atoms with Crippen molar-refractivity contribution in [1.82, 2.24) is 0 Å². The van der Waals surface area contributed by atoms with Gasteiger partial charge in [-0.05, 0) is 35.4 Å². The molecule has 0 aliphatic heterocycles. The zero-order chi connectivity index (χ0) is 13.5. The van der Waals surface area contributed by atoms with Crippen molar-refractivity contribution in [2.24, 2.45) is 0 Å². The first kappa shape index (κ1) is 13.2. The molecule has 0 amide bonds. The van der Waals surface area contributed by atoms with E-state index in [1.54, 1.807) is 11.8 Å². The van der Waals surface area contributed by atoms with Crippen LogP contribution in [0.5, 0.6) is 0 Å². The van der Waals surface area contributed by atoms with E-state index in [9.17, 15) is 0 Å². The summed E-state index contributed by atoms with van der Waals surface area (Å²) in [5.41, 5.74) is 3.70. The largest absolute Gasteiger partial charge is 0.192 e. The van der Waals surface area contributed by atoms with Gasteiger partial charge in [-0.1, -0.05) is 24.3 Å². The smallest absolute Gasteiger partial charge is 0.0991 e. The molecule has 0 fully saturated rings. The van der Waals surface area contributed by atoms with Gasteiger partial charge in [0.1, 0.15) is 0 Å². The highest BCUT2D eigenvalue weighted by Gasteiger charge is 1.98. The van der Waals surface area contributed by atoms with Crippen LogP contribution in [0, 0.1) is 22.7 Å². The molecule has 0 aromatic heterocycles. The SMILES string of the molecule is N#Cc1cccc(CSCc2cccc(C#N)c2)c1. The molecule has 0 unspecified atom stereocenters. The van der Waals surface area contributed by atoms with E-state index in [0.717, 1.165) is 22.6 Å². The number of rotatable bonds is 4. The molecule has 0 atom stereocenters. The van der Waals surface area contributed by atoms with Gasteiger partial charge in [0.2, 0.25) is 0 Å². The van der Waals surface area contributed by atoms with Gasteiger partial charge in [0.25, 0.3) is 0 Å². The summed E-state index contributed by atoms with van der Waals surface area (Å²) in [4.78, 5) is 0. The second-order valence-electron chi connectivity index (χ2n) is 4.12. The van der Waals surface area contributed by atoms with Crippen molar-refractivity contribution in [3.05, 3.63) is 70.8 Å². The lowest BCUT2D eigenvalue weighted by molar-refractivity contribution is 1.34. The maximum absolute atomic E-state index is 8.84. The second-order valence-corrected chi connectivity index (χ2v) is 5.10. The lowest BCUT2D eigenvalue weighted by atomic mass is 10.2. The predicted octanol–water partition coefficient (Wildman–Crippen LogP) is 3.86. The Labute approximate surface area is 117 Å². The summed E-state index contributed by atoms with van der Waals surface area (Å²) in [6.07, 6.45) is 0. The zero-order valence-electron chi connectivity index (χ0n) is 10.3. The predicted molar refractivity (Wildman–Crippen MR) is 77.3 cm³/mol. The van der Waals surface area contributed by atoms with E-state index < -0.39 is 0 Å².